The summed E-state index contributed by atoms with van der Waals surface area (Å²) >= 11 is 1.56. The molecule has 0 saturated heterocycles. The molecule has 1 aliphatic carbocycles. The maximum absolute atomic E-state index is 13.6. The number of carbonyl (C=O) groups is 2. The van der Waals surface area contributed by atoms with Gasteiger partial charge in [-0.05, 0) is 55.2 Å². The first kappa shape index (κ1) is 24.0. The van der Waals surface area contributed by atoms with Crippen LogP contribution >= 0.6 is 11.3 Å². The van der Waals surface area contributed by atoms with E-state index in [1.54, 1.807) is 34.5 Å². The second-order valence-corrected chi connectivity index (χ2v) is 10.7. The van der Waals surface area contributed by atoms with Crippen LogP contribution in [0.4, 0.5) is 5.00 Å². The van der Waals surface area contributed by atoms with E-state index in [-0.39, 0.29) is 17.2 Å². The zero-order valence-corrected chi connectivity index (χ0v) is 20.5. The van der Waals surface area contributed by atoms with E-state index >= 15 is 0 Å². The lowest BCUT2D eigenvalue weighted by Crippen LogP contribution is -2.33. The Kier molecular flexibility index (Phi) is 7.40. The molecule has 3 rings (SSSR count). The van der Waals surface area contributed by atoms with E-state index in [0.717, 1.165) is 30.4 Å². The Morgan fingerprint density at radius 1 is 1.22 bits per heavy atom. The molecule has 5 heteroatoms. The minimum Gasteiger partial charge on any atom is -0.331 e. The lowest BCUT2D eigenvalue weighted by Gasteiger charge is -2.34. The van der Waals surface area contributed by atoms with Gasteiger partial charge in [-0.15, -0.1) is 24.5 Å². The summed E-state index contributed by atoms with van der Waals surface area (Å²) in [5.41, 5.74) is 3.56. The fourth-order valence-corrected chi connectivity index (χ4v) is 5.63. The Balaban J connectivity index is 2.02. The van der Waals surface area contributed by atoms with Gasteiger partial charge in [0.25, 0.3) is 11.8 Å². The average molecular weight is 451 g/mol. The van der Waals surface area contributed by atoms with Crippen LogP contribution in [-0.4, -0.2) is 29.8 Å². The van der Waals surface area contributed by atoms with Gasteiger partial charge < -0.3 is 10.2 Å². The van der Waals surface area contributed by atoms with Crippen LogP contribution < -0.4 is 5.32 Å². The highest BCUT2D eigenvalue weighted by atomic mass is 32.1. The second kappa shape index (κ2) is 9.86. The second-order valence-electron chi connectivity index (χ2n) is 9.62. The van der Waals surface area contributed by atoms with E-state index in [1.165, 1.54) is 4.88 Å². The molecule has 0 bridgehead atoms. The van der Waals surface area contributed by atoms with Gasteiger partial charge in [-0.25, -0.2) is 0 Å². The van der Waals surface area contributed by atoms with Crippen LogP contribution in [0.3, 0.4) is 0 Å². The summed E-state index contributed by atoms with van der Waals surface area (Å²) in [5, 5.41) is 3.72. The van der Waals surface area contributed by atoms with Gasteiger partial charge in [0.05, 0.1) is 5.56 Å². The molecule has 1 N–H and O–H groups in total. The van der Waals surface area contributed by atoms with Crippen LogP contribution in [0.25, 0.3) is 0 Å². The van der Waals surface area contributed by atoms with E-state index in [2.05, 4.69) is 39.2 Å². The fraction of sp³-hybridized carbons (Fsp3) is 0.407. The number of aryl methyl sites for hydroxylation is 1. The molecule has 0 aliphatic heterocycles. The highest BCUT2D eigenvalue weighted by molar-refractivity contribution is 7.17. The third kappa shape index (κ3) is 5.21. The topological polar surface area (TPSA) is 49.4 Å². The molecule has 0 fully saturated rings. The fourth-order valence-electron chi connectivity index (χ4n) is 4.31. The van der Waals surface area contributed by atoms with Crippen molar-refractivity contribution in [3.8, 4) is 0 Å². The Morgan fingerprint density at radius 3 is 2.50 bits per heavy atom. The molecule has 0 radical (unpaired) electrons. The molecule has 1 aliphatic rings. The van der Waals surface area contributed by atoms with Crippen molar-refractivity contribution in [3.05, 3.63) is 76.7 Å². The largest absolute Gasteiger partial charge is 0.331 e. The zero-order valence-electron chi connectivity index (χ0n) is 19.7. The summed E-state index contributed by atoms with van der Waals surface area (Å²) in [7, 11) is 0. The quantitative estimate of drug-likeness (QED) is 0.505. The summed E-state index contributed by atoms with van der Waals surface area (Å²) in [6, 6.07) is 7.50. The van der Waals surface area contributed by atoms with Crippen LogP contribution in [0, 0.1) is 18.3 Å². The van der Waals surface area contributed by atoms with Crippen LogP contribution in [0.2, 0.25) is 0 Å². The smallest absolute Gasteiger partial charge is 0.257 e. The number of nitrogens with zero attached hydrogens (tertiary/aromatic N) is 1. The first-order chi connectivity index (χ1) is 15.2. The zero-order chi connectivity index (χ0) is 23.5. The Morgan fingerprint density at radius 2 is 1.91 bits per heavy atom. The Hall–Kier alpha value is -2.66. The van der Waals surface area contributed by atoms with Crippen molar-refractivity contribution in [1.82, 2.24) is 4.90 Å². The number of hydrogen-bond donors (Lipinski definition) is 1. The van der Waals surface area contributed by atoms with Gasteiger partial charge in [0, 0.05) is 23.5 Å². The summed E-state index contributed by atoms with van der Waals surface area (Å²) in [6.45, 7) is 17.3. The van der Waals surface area contributed by atoms with Crippen molar-refractivity contribution in [2.45, 2.75) is 47.0 Å². The van der Waals surface area contributed by atoms with Crippen molar-refractivity contribution in [2.24, 2.45) is 11.3 Å². The van der Waals surface area contributed by atoms with Crippen molar-refractivity contribution in [2.75, 3.05) is 18.4 Å². The Bertz CT molecular complexity index is 1020. The molecule has 1 unspecified atom stereocenters. The standard InChI is InChI=1S/C27H34N2O2S/c1-7-14-29(15-8-2)26(31)23-21-13-12-20(27(4,5)6)17-22(21)32-25(23)28-24(30)19-11-9-10-18(3)16-19/h7-11,16,20H,1-2,12-15,17H2,3-6H3,(H,28,30). The molecular weight excluding hydrogens is 416 g/mol. The van der Waals surface area contributed by atoms with Gasteiger partial charge in [0.2, 0.25) is 0 Å². The molecule has 1 heterocycles. The number of nitrogens with one attached hydrogen (secondary N) is 1. The monoisotopic (exact) mass is 450 g/mol. The highest BCUT2D eigenvalue weighted by Gasteiger charge is 2.35. The molecule has 1 aromatic carbocycles. The molecule has 170 valence electrons. The van der Waals surface area contributed by atoms with Crippen molar-refractivity contribution in [3.63, 3.8) is 0 Å². The number of hydrogen-bond acceptors (Lipinski definition) is 3. The molecule has 4 nitrogen and oxygen atoms in total. The molecule has 0 saturated carbocycles. The minimum atomic E-state index is -0.187. The third-order valence-corrected chi connectivity index (χ3v) is 7.37. The summed E-state index contributed by atoms with van der Waals surface area (Å²) in [6.07, 6.45) is 6.28. The molecule has 32 heavy (non-hydrogen) atoms. The van der Waals surface area contributed by atoms with E-state index < -0.39 is 0 Å². The Labute approximate surface area is 196 Å². The number of anilines is 1. The van der Waals surface area contributed by atoms with Crippen LogP contribution in [0.1, 0.15) is 63.9 Å². The lowest BCUT2D eigenvalue weighted by molar-refractivity contribution is 0.0790. The van der Waals surface area contributed by atoms with Crippen LogP contribution in [-0.2, 0) is 12.8 Å². The van der Waals surface area contributed by atoms with Gasteiger partial charge >= 0.3 is 0 Å². The number of benzene rings is 1. The highest BCUT2D eigenvalue weighted by Crippen LogP contribution is 2.44. The number of thiophene rings is 1. The van der Waals surface area contributed by atoms with Crippen LogP contribution in [0.15, 0.2) is 49.6 Å². The summed E-state index contributed by atoms with van der Waals surface area (Å²) < 4.78 is 0. The predicted molar refractivity (Wildman–Crippen MR) is 135 cm³/mol. The number of rotatable bonds is 7. The first-order valence-corrected chi connectivity index (χ1v) is 12.0. The molecule has 2 aromatic rings. The SMILES string of the molecule is C=CCN(CC=C)C(=O)c1c(NC(=O)c2cccc(C)c2)sc2c1CCC(C(C)(C)C)C2. The maximum atomic E-state index is 13.6. The van der Waals surface area contributed by atoms with Gasteiger partial charge in [-0.3, -0.25) is 9.59 Å². The van der Waals surface area contributed by atoms with E-state index in [9.17, 15) is 9.59 Å². The minimum absolute atomic E-state index is 0.0731. The normalized spacial score (nSPS) is 15.6. The van der Waals surface area contributed by atoms with E-state index in [1.807, 2.05) is 25.1 Å². The number of carbonyl (C=O) groups excluding carboxylic acids is 2. The number of fused-ring (bicyclic) bond motifs is 1. The molecule has 1 atom stereocenters. The van der Waals surface area contributed by atoms with Gasteiger partial charge in [0.15, 0.2) is 0 Å². The molecule has 1 aromatic heterocycles. The molecule has 2 amide bonds. The summed E-state index contributed by atoms with van der Waals surface area (Å²) in [4.78, 5) is 29.6. The number of amides is 2. The first-order valence-electron chi connectivity index (χ1n) is 11.2. The van der Waals surface area contributed by atoms with Gasteiger partial charge in [-0.2, -0.15) is 0 Å². The maximum Gasteiger partial charge on any atom is 0.257 e. The predicted octanol–water partition coefficient (Wildman–Crippen LogP) is 6.27. The van der Waals surface area contributed by atoms with Crippen molar-refractivity contribution < 1.29 is 9.59 Å². The van der Waals surface area contributed by atoms with E-state index in [0.29, 0.717) is 35.1 Å². The molecule has 0 spiro atoms. The van der Waals surface area contributed by atoms with Crippen LogP contribution in [0.5, 0.6) is 0 Å². The van der Waals surface area contributed by atoms with Gasteiger partial charge in [0.1, 0.15) is 5.00 Å². The third-order valence-electron chi connectivity index (χ3n) is 6.20. The lowest BCUT2D eigenvalue weighted by atomic mass is 9.72. The van der Waals surface area contributed by atoms with Gasteiger partial charge in [-0.1, -0.05) is 50.6 Å². The summed E-state index contributed by atoms with van der Waals surface area (Å²) in [5.74, 6) is 0.290. The van der Waals surface area contributed by atoms with Crippen molar-refractivity contribution >= 4 is 28.2 Å². The van der Waals surface area contributed by atoms with Crippen molar-refractivity contribution in [1.29, 1.82) is 0 Å². The average Bonchev–Trinajstić information content (AvgIpc) is 3.09. The molecular formula is C27H34N2O2S. The van der Waals surface area contributed by atoms with E-state index in [4.69, 9.17) is 0 Å².